The van der Waals surface area contributed by atoms with Crippen LogP contribution in [-0.2, 0) is 7.05 Å². The van der Waals surface area contributed by atoms with Crippen LogP contribution in [0.4, 0.5) is 11.6 Å². The first-order valence-electron chi connectivity index (χ1n) is 12.5. The van der Waals surface area contributed by atoms with E-state index in [-0.39, 0.29) is 5.91 Å². The van der Waals surface area contributed by atoms with Gasteiger partial charge in [0, 0.05) is 43.7 Å². The van der Waals surface area contributed by atoms with Gasteiger partial charge in [0.1, 0.15) is 17.2 Å². The first-order valence-corrected chi connectivity index (χ1v) is 12.5. The molecule has 0 radical (unpaired) electrons. The van der Waals surface area contributed by atoms with Crippen LogP contribution < -0.4 is 15.4 Å². The number of fused-ring (bicyclic) bond motifs is 1. The van der Waals surface area contributed by atoms with Gasteiger partial charge in [0.2, 0.25) is 5.95 Å². The molecule has 2 aromatic carbocycles. The summed E-state index contributed by atoms with van der Waals surface area (Å²) >= 11 is 0. The van der Waals surface area contributed by atoms with Gasteiger partial charge in [-0.3, -0.25) is 14.7 Å². The molecule has 0 bridgehead atoms. The molecule has 1 fully saturated rings. The lowest BCUT2D eigenvalue weighted by Gasteiger charge is -2.22. The number of likely N-dealkylation sites (tertiary alicyclic amines) is 1. The number of aryl methyl sites for hydroxylation is 2. The lowest BCUT2D eigenvalue weighted by Crippen LogP contribution is -2.40. The summed E-state index contributed by atoms with van der Waals surface area (Å²) in [6.07, 6.45) is 3.89. The van der Waals surface area contributed by atoms with Crippen molar-refractivity contribution in [2.24, 2.45) is 7.05 Å². The Bertz CT molecular complexity index is 1360. The third kappa shape index (κ3) is 5.18. The monoisotopic (exact) mass is 484 g/mol. The fourth-order valence-electron chi connectivity index (χ4n) is 4.70. The van der Waals surface area contributed by atoms with Crippen molar-refractivity contribution in [3.8, 4) is 11.5 Å². The van der Waals surface area contributed by atoms with Gasteiger partial charge < -0.3 is 19.9 Å². The maximum atomic E-state index is 12.7. The number of hydrogen-bond donors (Lipinski definition) is 2. The molecule has 0 aliphatic carbocycles. The Morgan fingerprint density at radius 1 is 1.11 bits per heavy atom. The third-order valence-electron chi connectivity index (χ3n) is 6.76. The number of imidazole rings is 1. The van der Waals surface area contributed by atoms with E-state index in [0.29, 0.717) is 29.8 Å². The minimum absolute atomic E-state index is 0.185. The van der Waals surface area contributed by atoms with E-state index in [1.807, 2.05) is 41.9 Å². The number of amides is 1. The molecule has 0 saturated carbocycles. The molecule has 3 heterocycles. The van der Waals surface area contributed by atoms with Crippen LogP contribution in [0.5, 0.6) is 11.5 Å². The Hall–Kier alpha value is -3.91. The van der Waals surface area contributed by atoms with Crippen LogP contribution >= 0.6 is 0 Å². The second kappa shape index (κ2) is 10.4. The number of nitrogens with zero attached hydrogens (tertiary/aromatic N) is 4. The van der Waals surface area contributed by atoms with Crippen molar-refractivity contribution in [2.45, 2.75) is 32.7 Å². The van der Waals surface area contributed by atoms with Crippen LogP contribution in [0.3, 0.4) is 0 Å². The predicted molar refractivity (Wildman–Crippen MR) is 142 cm³/mol. The largest absolute Gasteiger partial charge is 0.457 e. The highest BCUT2D eigenvalue weighted by Gasteiger charge is 2.23. The summed E-state index contributed by atoms with van der Waals surface area (Å²) in [6, 6.07) is 17.8. The van der Waals surface area contributed by atoms with E-state index in [9.17, 15) is 4.79 Å². The third-order valence-corrected chi connectivity index (χ3v) is 6.76. The van der Waals surface area contributed by atoms with Gasteiger partial charge in [-0.2, -0.15) is 0 Å². The topological polar surface area (TPSA) is 84.3 Å². The second-order valence-electron chi connectivity index (χ2n) is 9.25. The number of aromatic nitrogens is 3. The van der Waals surface area contributed by atoms with Crippen molar-refractivity contribution >= 4 is 28.6 Å². The summed E-state index contributed by atoms with van der Waals surface area (Å²) in [6.45, 7) is 6.96. The summed E-state index contributed by atoms with van der Waals surface area (Å²) in [4.78, 5) is 24.1. The number of hydrogen-bond acceptors (Lipinski definition) is 6. The molecule has 1 amide bonds. The minimum Gasteiger partial charge on any atom is -0.457 e. The molecule has 1 saturated heterocycles. The van der Waals surface area contributed by atoms with Crippen LogP contribution in [0.1, 0.15) is 35.8 Å². The number of carbonyl (C=O) groups excluding carboxylic acids is 1. The Labute approximate surface area is 211 Å². The van der Waals surface area contributed by atoms with Crippen LogP contribution in [0.2, 0.25) is 0 Å². The molecular formula is C28H32N6O2. The van der Waals surface area contributed by atoms with E-state index >= 15 is 0 Å². The lowest BCUT2D eigenvalue weighted by atomic mass is 10.2. The van der Waals surface area contributed by atoms with Gasteiger partial charge in [0.15, 0.2) is 0 Å². The molecule has 1 aliphatic heterocycles. The fraction of sp³-hybridized carbons (Fsp3) is 0.321. The molecule has 186 valence electrons. The van der Waals surface area contributed by atoms with Crippen LogP contribution in [0.15, 0.2) is 60.8 Å². The SMILES string of the molecule is CCN1CCCC1CNC(=O)c1cc(Oc2ccc3c(c2)nc(Nc2ccc(C)cc2)n3C)ccn1. The van der Waals surface area contributed by atoms with Gasteiger partial charge in [-0.1, -0.05) is 24.6 Å². The molecule has 1 aliphatic rings. The van der Waals surface area contributed by atoms with E-state index in [1.165, 1.54) is 12.0 Å². The average molecular weight is 485 g/mol. The van der Waals surface area contributed by atoms with E-state index < -0.39 is 0 Å². The van der Waals surface area contributed by atoms with Gasteiger partial charge in [-0.15, -0.1) is 0 Å². The first-order chi connectivity index (χ1) is 17.5. The van der Waals surface area contributed by atoms with Gasteiger partial charge in [0.25, 0.3) is 5.91 Å². The Kier molecular flexibility index (Phi) is 6.86. The summed E-state index contributed by atoms with van der Waals surface area (Å²) in [7, 11) is 1.98. The Morgan fingerprint density at radius 2 is 1.92 bits per heavy atom. The molecule has 0 spiro atoms. The standard InChI is InChI=1S/C28H32N6O2/c1-4-34-15-5-6-21(34)18-30-27(35)25-17-23(13-14-29-25)36-22-11-12-26-24(16-22)32-28(33(26)3)31-20-9-7-19(2)8-10-20/h7-14,16-17,21H,4-6,15,18H2,1-3H3,(H,30,35)(H,31,32). The van der Waals surface area contributed by atoms with Crippen LogP contribution in [0, 0.1) is 6.92 Å². The number of ether oxygens (including phenoxy) is 1. The van der Waals surface area contributed by atoms with E-state index in [0.717, 1.165) is 42.2 Å². The van der Waals surface area contributed by atoms with E-state index in [2.05, 4.69) is 46.5 Å². The molecule has 1 atom stereocenters. The smallest absolute Gasteiger partial charge is 0.270 e. The van der Waals surface area contributed by atoms with Crippen LogP contribution in [-0.4, -0.2) is 51.0 Å². The van der Waals surface area contributed by atoms with Gasteiger partial charge in [-0.05, 0) is 63.2 Å². The van der Waals surface area contributed by atoms with Crippen molar-refractivity contribution < 1.29 is 9.53 Å². The predicted octanol–water partition coefficient (Wildman–Crippen LogP) is 5.03. The van der Waals surface area contributed by atoms with E-state index in [1.54, 1.807) is 18.3 Å². The molecule has 36 heavy (non-hydrogen) atoms. The zero-order valence-corrected chi connectivity index (χ0v) is 21.0. The van der Waals surface area contributed by atoms with Crippen molar-refractivity contribution in [1.82, 2.24) is 24.8 Å². The number of pyridine rings is 1. The summed E-state index contributed by atoms with van der Waals surface area (Å²) in [5.41, 5.74) is 4.33. The Balaban J connectivity index is 1.27. The number of likely N-dealkylation sites (N-methyl/N-ethyl adjacent to an activating group) is 1. The summed E-state index contributed by atoms with van der Waals surface area (Å²) in [5.74, 6) is 1.76. The molecule has 1 unspecified atom stereocenters. The molecule has 2 N–H and O–H groups in total. The highest BCUT2D eigenvalue weighted by atomic mass is 16.5. The molecular weight excluding hydrogens is 452 g/mol. The normalized spacial score (nSPS) is 15.8. The zero-order chi connectivity index (χ0) is 25.1. The molecule has 8 nitrogen and oxygen atoms in total. The minimum atomic E-state index is -0.185. The van der Waals surface area contributed by atoms with Gasteiger partial charge in [0.05, 0.1) is 11.0 Å². The maximum absolute atomic E-state index is 12.7. The highest BCUT2D eigenvalue weighted by Crippen LogP contribution is 2.28. The molecule has 2 aromatic heterocycles. The number of nitrogens with one attached hydrogen (secondary N) is 2. The first kappa shape index (κ1) is 23.8. The lowest BCUT2D eigenvalue weighted by molar-refractivity contribution is 0.0936. The van der Waals surface area contributed by atoms with Crippen molar-refractivity contribution in [1.29, 1.82) is 0 Å². The van der Waals surface area contributed by atoms with Crippen molar-refractivity contribution in [3.05, 3.63) is 72.1 Å². The van der Waals surface area contributed by atoms with Crippen molar-refractivity contribution in [2.75, 3.05) is 25.0 Å². The summed E-state index contributed by atoms with van der Waals surface area (Å²) in [5, 5.41) is 6.41. The molecule has 8 heteroatoms. The average Bonchev–Trinajstić information content (AvgIpc) is 3.47. The molecule has 4 aromatic rings. The number of rotatable bonds is 8. The Morgan fingerprint density at radius 3 is 2.72 bits per heavy atom. The number of anilines is 2. The quantitative estimate of drug-likeness (QED) is 0.365. The number of carbonyl (C=O) groups is 1. The zero-order valence-electron chi connectivity index (χ0n) is 21.0. The summed E-state index contributed by atoms with van der Waals surface area (Å²) < 4.78 is 8.08. The maximum Gasteiger partial charge on any atom is 0.270 e. The second-order valence-corrected chi connectivity index (χ2v) is 9.25. The van der Waals surface area contributed by atoms with Crippen molar-refractivity contribution in [3.63, 3.8) is 0 Å². The number of benzene rings is 2. The van der Waals surface area contributed by atoms with E-state index in [4.69, 9.17) is 9.72 Å². The van der Waals surface area contributed by atoms with Gasteiger partial charge in [-0.25, -0.2) is 4.98 Å². The highest BCUT2D eigenvalue weighted by molar-refractivity contribution is 5.92. The van der Waals surface area contributed by atoms with Crippen LogP contribution in [0.25, 0.3) is 11.0 Å². The fourth-order valence-corrected chi connectivity index (χ4v) is 4.70. The van der Waals surface area contributed by atoms with Gasteiger partial charge >= 0.3 is 0 Å². The molecule has 5 rings (SSSR count).